The molecule has 1 aliphatic rings. The number of rotatable bonds is 3. The molecule has 0 spiro atoms. The summed E-state index contributed by atoms with van der Waals surface area (Å²) >= 11 is 0. The largest absolute Gasteiger partial charge is 0.297 e. The molecule has 1 aromatic rings. The van der Waals surface area contributed by atoms with E-state index in [4.69, 9.17) is 9.44 Å². The molecule has 1 fully saturated rings. The fourth-order valence-electron chi connectivity index (χ4n) is 2.23. The van der Waals surface area contributed by atoms with Gasteiger partial charge >= 0.3 is 0 Å². The fraction of sp³-hybridized carbons (Fsp3) is 0.500. The van der Waals surface area contributed by atoms with Gasteiger partial charge in [-0.1, -0.05) is 17.7 Å². The van der Waals surface area contributed by atoms with E-state index in [2.05, 4.69) is 6.07 Å². The predicted octanol–water partition coefficient (Wildman–Crippen LogP) is 2.78. The van der Waals surface area contributed by atoms with Crippen LogP contribution in [-0.2, 0) is 14.3 Å². The first kappa shape index (κ1) is 14.0. The molecule has 0 aliphatic heterocycles. The van der Waals surface area contributed by atoms with Crippen LogP contribution in [0.5, 0.6) is 0 Å². The molecule has 2 rings (SSSR count). The number of nitrogens with zero attached hydrogens (tertiary/aromatic N) is 1. The summed E-state index contributed by atoms with van der Waals surface area (Å²) in [6.45, 7) is 1.90. The molecule has 102 valence electrons. The van der Waals surface area contributed by atoms with E-state index in [-0.39, 0.29) is 16.9 Å². The van der Waals surface area contributed by atoms with Crippen LogP contribution in [0.4, 0.5) is 0 Å². The summed E-state index contributed by atoms with van der Waals surface area (Å²) in [6.07, 6.45) is 2.39. The molecule has 0 aromatic heterocycles. The minimum Gasteiger partial charge on any atom is -0.263 e. The third-order valence-corrected chi connectivity index (χ3v) is 4.80. The van der Waals surface area contributed by atoms with Crippen LogP contribution in [-0.4, -0.2) is 14.5 Å². The van der Waals surface area contributed by atoms with Gasteiger partial charge in [0.25, 0.3) is 10.1 Å². The van der Waals surface area contributed by atoms with Crippen molar-refractivity contribution in [1.29, 1.82) is 5.26 Å². The van der Waals surface area contributed by atoms with E-state index in [0.717, 1.165) is 5.56 Å². The van der Waals surface area contributed by atoms with Crippen LogP contribution in [0.3, 0.4) is 0 Å². The second-order valence-electron chi connectivity index (χ2n) is 4.97. The Kier molecular flexibility index (Phi) is 4.23. The van der Waals surface area contributed by atoms with Gasteiger partial charge in [-0.15, -0.1) is 0 Å². The highest BCUT2D eigenvalue weighted by Crippen LogP contribution is 2.28. The molecule has 0 amide bonds. The van der Waals surface area contributed by atoms with Crippen LogP contribution in [0, 0.1) is 24.2 Å². The quantitative estimate of drug-likeness (QED) is 0.798. The number of nitriles is 1. The predicted molar refractivity (Wildman–Crippen MR) is 70.8 cm³/mol. The lowest BCUT2D eigenvalue weighted by Crippen LogP contribution is -2.24. The van der Waals surface area contributed by atoms with E-state index in [1.807, 2.05) is 6.92 Å². The van der Waals surface area contributed by atoms with Crippen LogP contribution >= 0.6 is 0 Å². The van der Waals surface area contributed by atoms with Gasteiger partial charge in [0.1, 0.15) is 0 Å². The highest BCUT2D eigenvalue weighted by atomic mass is 32.2. The van der Waals surface area contributed by atoms with Gasteiger partial charge in [-0.05, 0) is 44.7 Å². The summed E-state index contributed by atoms with van der Waals surface area (Å²) in [5.41, 5.74) is 1.01. The van der Waals surface area contributed by atoms with E-state index in [0.29, 0.717) is 25.7 Å². The SMILES string of the molecule is Cc1ccc(S(=O)(=O)OC2CCC(C#N)CC2)cc1. The summed E-state index contributed by atoms with van der Waals surface area (Å²) in [6, 6.07) is 8.85. The van der Waals surface area contributed by atoms with Gasteiger partial charge in [0.05, 0.1) is 17.1 Å². The van der Waals surface area contributed by atoms with Crippen molar-refractivity contribution < 1.29 is 12.6 Å². The smallest absolute Gasteiger partial charge is 0.263 e. The van der Waals surface area contributed by atoms with Gasteiger partial charge in [-0.2, -0.15) is 13.7 Å². The van der Waals surface area contributed by atoms with Gasteiger partial charge in [0, 0.05) is 5.92 Å². The zero-order chi connectivity index (χ0) is 13.9. The first-order valence-electron chi connectivity index (χ1n) is 6.41. The van der Waals surface area contributed by atoms with Crippen molar-refractivity contribution in [1.82, 2.24) is 0 Å². The Labute approximate surface area is 114 Å². The van der Waals surface area contributed by atoms with Gasteiger partial charge in [-0.25, -0.2) is 0 Å². The van der Waals surface area contributed by atoms with Crippen LogP contribution in [0.15, 0.2) is 29.2 Å². The van der Waals surface area contributed by atoms with Crippen molar-refractivity contribution in [3.63, 3.8) is 0 Å². The summed E-state index contributed by atoms with van der Waals surface area (Å²) in [5, 5.41) is 8.80. The topological polar surface area (TPSA) is 67.2 Å². The highest BCUT2D eigenvalue weighted by molar-refractivity contribution is 7.86. The number of hydrogen-bond donors (Lipinski definition) is 0. The second-order valence-corrected chi connectivity index (χ2v) is 6.54. The maximum Gasteiger partial charge on any atom is 0.297 e. The summed E-state index contributed by atoms with van der Waals surface area (Å²) in [5.74, 6) is 0.0435. The molecular formula is C14H17NO3S. The zero-order valence-electron chi connectivity index (χ0n) is 10.9. The Hall–Kier alpha value is -1.38. The molecule has 0 N–H and O–H groups in total. The first-order chi connectivity index (χ1) is 9.01. The van der Waals surface area contributed by atoms with E-state index >= 15 is 0 Å². The van der Waals surface area contributed by atoms with Crippen molar-refractivity contribution in [2.45, 2.75) is 43.6 Å². The third kappa shape index (κ3) is 3.55. The van der Waals surface area contributed by atoms with Crippen molar-refractivity contribution in [2.75, 3.05) is 0 Å². The zero-order valence-corrected chi connectivity index (χ0v) is 11.7. The van der Waals surface area contributed by atoms with Crippen LogP contribution in [0.25, 0.3) is 0 Å². The summed E-state index contributed by atoms with van der Waals surface area (Å²) in [4.78, 5) is 0.195. The normalized spacial score (nSPS) is 23.8. The lowest BCUT2D eigenvalue weighted by Gasteiger charge is -2.24. The molecule has 4 nitrogen and oxygen atoms in total. The number of hydrogen-bond acceptors (Lipinski definition) is 4. The van der Waals surface area contributed by atoms with Gasteiger partial charge in [0.15, 0.2) is 0 Å². The van der Waals surface area contributed by atoms with Crippen molar-refractivity contribution >= 4 is 10.1 Å². The maximum absolute atomic E-state index is 12.1. The van der Waals surface area contributed by atoms with Crippen LogP contribution < -0.4 is 0 Å². The molecule has 0 radical (unpaired) electrons. The van der Waals surface area contributed by atoms with Gasteiger partial charge in [0.2, 0.25) is 0 Å². The molecule has 0 saturated heterocycles. The molecule has 5 heteroatoms. The summed E-state index contributed by atoms with van der Waals surface area (Å²) < 4.78 is 29.4. The number of aryl methyl sites for hydroxylation is 1. The van der Waals surface area contributed by atoms with Crippen molar-refractivity contribution in [3.05, 3.63) is 29.8 Å². The van der Waals surface area contributed by atoms with E-state index in [1.54, 1.807) is 24.3 Å². The molecule has 0 unspecified atom stereocenters. The molecule has 0 atom stereocenters. The van der Waals surface area contributed by atoms with Gasteiger partial charge in [-0.3, -0.25) is 4.18 Å². The molecule has 1 saturated carbocycles. The van der Waals surface area contributed by atoms with Crippen molar-refractivity contribution in [2.24, 2.45) is 5.92 Å². The van der Waals surface area contributed by atoms with E-state index in [1.165, 1.54) is 0 Å². The Bertz CT molecular complexity index is 564. The Morgan fingerprint density at radius 2 is 1.74 bits per heavy atom. The van der Waals surface area contributed by atoms with Crippen LogP contribution in [0.2, 0.25) is 0 Å². The molecule has 1 aromatic carbocycles. The minimum atomic E-state index is -3.68. The molecule has 1 aliphatic carbocycles. The number of benzene rings is 1. The monoisotopic (exact) mass is 279 g/mol. The average molecular weight is 279 g/mol. The summed E-state index contributed by atoms with van der Waals surface area (Å²) in [7, 11) is -3.68. The van der Waals surface area contributed by atoms with Gasteiger partial charge < -0.3 is 0 Å². The standard InChI is InChI=1S/C14H17NO3S/c1-11-2-8-14(9-3-11)19(16,17)18-13-6-4-12(10-15)5-7-13/h2-3,8-9,12-13H,4-7H2,1H3. The Morgan fingerprint density at radius 3 is 2.26 bits per heavy atom. The molecular weight excluding hydrogens is 262 g/mol. The lowest BCUT2D eigenvalue weighted by atomic mass is 9.89. The maximum atomic E-state index is 12.1. The van der Waals surface area contributed by atoms with E-state index < -0.39 is 10.1 Å². The minimum absolute atomic E-state index is 0.0435. The molecule has 0 heterocycles. The third-order valence-electron chi connectivity index (χ3n) is 3.43. The van der Waals surface area contributed by atoms with E-state index in [9.17, 15) is 8.42 Å². The van der Waals surface area contributed by atoms with Crippen LogP contribution in [0.1, 0.15) is 31.2 Å². The second kappa shape index (κ2) is 5.72. The van der Waals surface area contributed by atoms with Crippen molar-refractivity contribution in [3.8, 4) is 6.07 Å². The molecule has 19 heavy (non-hydrogen) atoms. The average Bonchev–Trinajstić information content (AvgIpc) is 2.40. The fourth-order valence-corrected chi connectivity index (χ4v) is 3.36. The highest BCUT2D eigenvalue weighted by Gasteiger charge is 2.26. The Morgan fingerprint density at radius 1 is 1.16 bits per heavy atom. The molecule has 0 bridgehead atoms. The Balaban J connectivity index is 2.02. The first-order valence-corrected chi connectivity index (χ1v) is 7.81. The lowest BCUT2D eigenvalue weighted by molar-refractivity contribution is 0.149.